The fourth-order valence-corrected chi connectivity index (χ4v) is 2.69. The van der Waals surface area contributed by atoms with Gasteiger partial charge < -0.3 is 9.47 Å². The zero-order valence-corrected chi connectivity index (χ0v) is 10.6. The molecule has 2 aliphatic rings. The van der Waals surface area contributed by atoms with Gasteiger partial charge in [0.05, 0.1) is 13.2 Å². The molecule has 0 amide bonds. The summed E-state index contributed by atoms with van der Waals surface area (Å²) in [6, 6.07) is 0. The van der Waals surface area contributed by atoms with Crippen LogP contribution in [0.15, 0.2) is 11.6 Å². The molecule has 0 bridgehead atoms. The molecule has 0 aromatic heterocycles. The first-order chi connectivity index (χ1) is 7.75. The minimum Gasteiger partial charge on any atom is -0.350 e. The summed E-state index contributed by atoms with van der Waals surface area (Å²) in [7, 11) is 0. The number of allylic oxidation sites excluding steroid dienone is 1. The van der Waals surface area contributed by atoms with Crippen LogP contribution in [0.25, 0.3) is 0 Å². The fraction of sp³-hybridized carbons (Fsp3) is 0.857. The average molecular weight is 225 g/mol. The van der Waals surface area contributed by atoms with Gasteiger partial charge >= 0.3 is 0 Å². The normalized spacial score (nSPS) is 27.7. The van der Waals surface area contributed by atoms with Crippen LogP contribution in [0.3, 0.4) is 0 Å². The van der Waals surface area contributed by atoms with Crippen LogP contribution >= 0.6 is 0 Å². The van der Waals surface area contributed by atoms with E-state index in [1.54, 1.807) is 5.57 Å². The smallest absolute Gasteiger partial charge is 0.161 e. The van der Waals surface area contributed by atoms with Crippen LogP contribution in [0.4, 0.5) is 0 Å². The zero-order valence-electron chi connectivity index (χ0n) is 10.6. The molecule has 1 aliphatic carbocycles. The van der Waals surface area contributed by atoms with Crippen molar-refractivity contribution in [2.75, 3.05) is 13.2 Å². The molecule has 0 unspecified atom stereocenters. The monoisotopic (exact) mass is 225 g/mol. The SMILES string of the molecule is CC(C)C1CCC(=CC[13CH]2OCCO2)CC1. The highest BCUT2D eigenvalue weighted by Gasteiger charge is 2.20. The van der Waals surface area contributed by atoms with Crippen molar-refractivity contribution in [2.45, 2.75) is 52.2 Å². The Morgan fingerprint density at radius 2 is 1.81 bits per heavy atom. The van der Waals surface area contributed by atoms with Crippen molar-refractivity contribution >= 4 is 0 Å². The highest BCUT2D eigenvalue weighted by atomic mass is 16.8. The van der Waals surface area contributed by atoms with Crippen molar-refractivity contribution in [1.29, 1.82) is 0 Å². The molecule has 0 aromatic rings. The Kier molecular flexibility index (Phi) is 4.42. The van der Waals surface area contributed by atoms with Gasteiger partial charge in [0, 0.05) is 6.42 Å². The summed E-state index contributed by atoms with van der Waals surface area (Å²) >= 11 is 0. The second-order valence-corrected chi connectivity index (χ2v) is 5.35. The van der Waals surface area contributed by atoms with Gasteiger partial charge in [0.15, 0.2) is 6.29 Å². The number of hydrogen-bond acceptors (Lipinski definition) is 2. The molecule has 2 heteroatoms. The van der Waals surface area contributed by atoms with Crippen molar-refractivity contribution in [1.82, 2.24) is 0 Å². The number of hydrogen-bond donors (Lipinski definition) is 0. The van der Waals surface area contributed by atoms with E-state index in [2.05, 4.69) is 19.9 Å². The lowest BCUT2D eigenvalue weighted by molar-refractivity contribution is -0.0382. The summed E-state index contributed by atoms with van der Waals surface area (Å²) < 4.78 is 10.9. The molecule has 0 atom stereocenters. The molecule has 1 aliphatic heterocycles. The fourth-order valence-electron chi connectivity index (χ4n) is 2.69. The van der Waals surface area contributed by atoms with Crippen LogP contribution in [-0.4, -0.2) is 19.5 Å². The first-order valence-electron chi connectivity index (χ1n) is 6.67. The predicted molar refractivity (Wildman–Crippen MR) is 65.2 cm³/mol. The molecule has 1 heterocycles. The molecule has 0 aromatic carbocycles. The van der Waals surface area contributed by atoms with Gasteiger partial charge in [0.25, 0.3) is 0 Å². The summed E-state index contributed by atoms with van der Waals surface area (Å²) in [6.45, 7) is 6.23. The Hall–Kier alpha value is -0.340. The molecular formula is C14H24O2. The molecule has 92 valence electrons. The topological polar surface area (TPSA) is 18.5 Å². The molecular weight excluding hydrogens is 201 g/mol. The highest BCUT2D eigenvalue weighted by molar-refractivity contribution is 5.05. The maximum Gasteiger partial charge on any atom is 0.161 e. The third kappa shape index (κ3) is 3.33. The lowest BCUT2D eigenvalue weighted by Crippen LogP contribution is -2.14. The van der Waals surface area contributed by atoms with E-state index in [0.29, 0.717) is 0 Å². The van der Waals surface area contributed by atoms with Crippen LogP contribution in [0.2, 0.25) is 0 Å². The highest BCUT2D eigenvalue weighted by Crippen LogP contribution is 2.33. The van der Waals surface area contributed by atoms with E-state index in [4.69, 9.17) is 9.47 Å². The molecule has 16 heavy (non-hydrogen) atoms. The second kappa shape index (κ2) is 5.83. The molecule has 0 N–H and O–H groups in total. The van der Waals surface area contributed by atoms with E-state index >= 15 is 0 Å². The number of ether oxygens (including phenoxy) is 2. The average Bonchev–Trinajstić information content (AvgIpc) is 2.80. The summed E-state index contributed by atoms with van der Waals surface area (Å²) in [5, 5.41) is 0. The Morgan fingerprint density at radius 1 is 1.19 bits per heavy atom. The van der Waals surface area contributed by atoms with E-state index in [9.17, 15) is 0 Å². The lowest BCUT2D eigenvalue weighted by Gasteiger charge is -2.27. The van der Waals surface area contributed by atoms with Crippen LogP contribution in [0, 0.1) is 11.8 Å². The van der Waals surface area contributed by atoms with E-state index in [1.165, 1.54) is 25.7 Å². The maximum atomic E-state index is 5.44. The van der Waals surface area contributed by atoms with Gasteiger partial charge in [-0.3, -0.25) is 0 Å². The summed E-state index contributed by atoms with van der Waals surface area (Å²) in [5.41, 5.74) is 1.62. The van der Waals surface area contributed by atoms with Crippen molar-refractivity contribution in [3.05, 3.63) is 11.6 Å². The van der Waals surface area contributed by atoms with Gasteiger partial charge in [-0.1, -0.05) is 25.5 Å². The Morgan fingerprint density at radius 3 is 2.38 bits per heavy atom. The van der Waals surface area contributed by atoms with Gasteiger partial charge in [0.1, 0.15) is 0 Å². The summed E-state index contributed by atoms with van der Waals surface area (Å²) in [5.74, 6) is 1.79. The second-order valence-electron chi connectivity index (χ2n) is 5.35. The van der Waals surface area contributed by atoms with Crippen LogP contribution in [-0.2, 0) is 9.47 Å². The minimum atomic E-state index is 0.0373. The minimum absolute atomic E-state index is 0.0373. The van der Waals surface area contributed by atoms with Crippen LogP contribution < -0.4 is 0 Å². The van der Waals surface area contributed by atoms with Gasteiger partial charge in [-0.05, 0) is 37.5 Å². The standard InChI is InChI=1S/C14H24O2/c1-11(2)13-6-3-12(4-7-13)5-8-14-15-9-10-16-14/h5,11,13-14H,3-4,6-10H2,1-2H3/i14+1. The third-order valence-electron chi connectivity index (χ3n) is 3.91. The predicted octanol–water partition coefficient (Wildman–Crippen LogP) is 3.52. The molecule has 1 saturated carbocycles. The van der Waals surface area contributed by atoms with E-state index in [0.717, 1.165) is 31.5 Å². The van der Waals surface area contributed by atoms with E-state index < -0.39 is 0 Å². The molecule has 2 nitrogen and oxygen atoms in total. The van der Waals surface area contributed by atoms with Gasteiger partial charge in [0.2, 0.25) is 0 Å². The van der Waals surface area contributed by atoms with E-state index in [1.807, 2.05) is 0 Å². The quantitative estimate of drug-likeness (QED) is 0.540. The van der Waals surface area contributed by atoms with Crippen molar-refractivity contribution < 1.29 is 9.47 Å². The maximum absolute atomic E-state index is 5.44. The molecule has 1 saturated heterocycles. The Labute approximate surface area is 99.0 Å². The van der Waals surface area contributed by atoms with Crippen molar-refractivity contribution in [3.63, 3.8) is 0 Å². The van der Waals surface area contributed by atoms with Crippen LogP contribution in [0.1, 0.15) is 46.0 Å². The Balaban J connectivity index is 1.73. The largest absolute Gasteiger partial charge is 0.350 e. The first-order valence-corrected chi connectivity index (χ1v) is 6.67. The first kappa shape index (κ1) is 12.1. The molecule has 2 fully saturated rings. The zero-order chi connectivity index (χ0) is 11.4. The summed E-state index contributed by atoms with van der Waals surface area (Å²) in [6.07, 6.45) is 8.65. The van der Waals surface area contributed by atoms with Gasteiger partial charge in [-0.15, -0.1) is 0 Å². The van der Waals surface area contributed by atoms with Crippen molar-refractivity contribution in [3.8, 4) is 0 Å². The molecule has 0 radical (unpaired) electrons. The number of rotatable bonds is 3. The van der Waals surface area contributed by atoms with Crippen LogP contribution in [0.5, 0.6) is 0 Å². The third-order valence-corrected chi connectivity index (χ3v) is 3.91. The molecule has 2 rings (SSSR count). The van der Waals surface area contributed by atoms with Crippen molar-refractivity contribution in [2.24, 2.45) is 11.8 Å². The Bertz CT molecular complexity index is 229. The van der Waals surface area contributed by atoms with Gasteiger partial charge in [-0.25, -0.2) is 0 Å². The summed E-state index contributed by atoms with van der Waals surface area (Å²) in [4.78, 5) is 0. The lowest BCUT2D eigenvalue weighted by atomic mass is 9.79. The van der Waals surface area contributed by atoms with E-state index in [-0.39, 0.29) is 6.29 Å². The van der Waals surface area contributed by atoms with Gasteiger partial charge in [-0.2, -0.15) is 0 Å². The molecule has 0 spiro atoms.